The van der Waals surface area contributed by atoms with E-state index in [2.05, 4.69) is 189 Å². The van der Waals surface area contributed by atoms with Crippen LogP contribution in [0.1, 0.15) is 167 Å². The smallest absolute Gasteiger partial charge is 0.325 e. The van der Waals surface area contributed by atoms with Crippen molar-refractivity contribution in [3.8, 4) is 0 Å². The molecule has 140 heavy (non-hydrogen) atoms. The highest BCUT2D eigenvalue weighted by Gasteiger charge is 2.15. The van der Waals surface area contributed by atoms with Gasteiger partial charge in [0.15, 0.2) is 0 Å². The summed E-state index contributed by atoms with van der Waals surface area (Å²) in [7, 11) is 4.62. The molecule has 30 heteroatoms. The van der Waals surface area contributed by atoms with Gasteiger partial charge in [-0.3, -0.25) is 67.1 Å². The second kappa shape index (κ2) is 109. The molecule has 1 unspecified atom stereocenters. The lowest BCUT2D eigenvalue weighted by Gasteiger charge is -2.21. The molecule has 0 radical (unpaired) electrons. The van der Waals surface area contributed by atoms with Crippen molar-refractivity contribution >= 4 is 121 Å². The minimum atomic E-state index is -0.481. The molecule has 1 aliphatic rings. The number of esters is 3. The topological polar surface area (TPSA) is 434 Å². The molecule has 30 nitrogen and oxygen atoms in total. The fraction of sp³-hybridized carbons (Fsp3) is 0.345. The molecule has 5 aromatic rings. The number of benzene rings is 5. The third kappa shape index (κ3) is 112. The number of allylic oxidation sites excluding steroid dienone is 3. The first-order chi connectivity index (χ1) is 66.0. The fourth-order valence-electron chi connectivity index (χ4n) is 8.80. The zero-order chi connectivity index (χ0) is 108. The molecule has 1 atom stereocenters. The number of carbonyl (C=O) groups is 14. The van der Waals surface area contributed by atoms with Gasteiger partial charge >= 0.3 is 17.9 Å². The summed E-state index contributed by atoms with van der Waals surface area (Å²) in [6.45, 7) is 76.7. The van der Waals surface area contributed by atoms with Crippen molar-refractivity contribution in [1.82, 2.24) is 36.8 Å². The van der Waals surface area contributed by atoms with Gasteiger partial charge in [-0.15, -0.1) is 19.7 Å². The Balaban J connectivity index is -0.000000143. The quantitative estimate of drug-likeness (QED) is 0.00448. The highest BCUT2D eigenvalue weighted by molar-refractivity contribution is 6.06. The Morgan fingerprint density at radius 2 is 0.929 bits per heavy atom. The number of ether oxygens (including phenoxy) is 4. The Kier molecular flexibility index (Phi) is 115. The van der Waals surface area contributed by atoms with Crippen LogP contribution in [0.2, 0.25) is 0 Å². The summed E-state index contributed by atoms with van der Waals surface area (Å²) in [5.41, 5.74) is 6.78. The number of hydrogen-bond donors (Lipinski definition) is 11. The Labute approximate surface area is 836 Å². The van der Waals surface area contributed by atoms with E-state index in [0.29, 0.717) is 44.5 Å². The standard InChI is InChI=1S/2C13H11NO.C11H21NO.C9H15NO3.C9H15NO.C9H9NO.C7H13NO.C6H9NO3.C6H12O.C5H9NO2.C5H9NO.C4H6O2.C3H5NO.3C3H6.CH4/c1-2-13(15)14-12-9-5-7-10-6-3-4-8-11(10)12;1-2-13(15)14-12-8-7-10-5-3-4-6-11(10)9-12;1-4-7-8-10(5-2)9-12-11(13)6-3;1-3-8(11)10-7-5-6-9(12)13-4-2;2*1-2-9(11)10-8-6-4-3-5-7-8;1-5-6(9)8-7(2,3)4;1-3-5(8)7-4-6(9)10-2;1-3-5-6-7-4-2;1-2-5(8)6-3-4-7;1-4-5(7)6(2)3;1-3-6-4(2)5;1-2-3(4)5;3*1-3-2;/h2*2-9H,1H2,(H,14,15);6,10H,3-5,7-9H2,1-2H3,(H,12,13);3H,1,4-7H2,2H3,(H,10,11);2,8H,1,3-7H2,(H,10,11);2-7H,1H2,(H,10,11);5H,1H2,2-4H3,(H,8,9);3H,1,4H2,2H3,(H,7,8);4H,2-3,5-6H2,1H3;2,7H,1,3-4H2,(H,6,8);4H,1H2,2-3H3;3H,1H2,2H3;2H,1H2,(H2,4,5);3*3H,1H2,2H3;1H4. The van der Waals surface area contributed by atoms with Gasteiger partial charge in [-0.25, -0.2) is 0 Å². The summed E-state index contributed by atoms with van der Waals surface area (Å²) in [5, 5.41) is 36.4. The summed E-state index contributed by atoms with van der Waals surface area (Å²) in [6.07, 6.45) is 35.5. The zero-order valence-corrected chi connectivity index (χ0v) is 85.1. The van der Waals surface area contributed by atoms with Crippen LogP contribution in [-0.2, 0) is 86.1 Å². The number of nitrogens with zero attached hydrogens (tertiary/aromatic N) is 1. The second-order valence-corrected chi connectivity index (χ2v) is 28.4. The average molecular weight is 1950 g/mol. The number of fused-ring (bicyclic) bond motifs is 2. The normalized spacial score (nSPS) is 9.59. The molecular formula is C110H167N11O19. The lowest BCUT2D eigenvalue weighted by molar-refractivity contribution is -0.143. The predicted octanol–water partition coefficient (Wildman–Crippen LogP) is 19.1. The van der Waals surface area contributed by atoms with Gasteiger partial charge in [0.1, 0.15) is 6.54 Å². The van der Waals surface area contributed by atoms with Crippen LogP contribution in [0.3, 0.4) is 0 Å². The van der Waals surface area contributed by atoms with Crippen LogP contribution in [0.25, 0.3) is 21.5 Å². The van der Waals surface area contributed by atoms with Crippen LogP contribution in [0.15, 0.2) is 318 Å². The van der Waals surface area contributed by atoms with Crippen LogP contribution in [-0.4, -0.2) is 172 Å². The molecule has 776 valence electrons. The van der Waals surface area contributed by atoms with E-state index < -0.39 is 11.9 Å². The van der Waals surface area contributed by atoms with Crippen molar-refractivity contribution in [3.05, 3.63) is 318 Å². The van der Waals surface area contributed by atoms with Gasteiger partial charge in [0.2, 0.25) is 65.0 Å². The van der Waals surface area contributed by atoms with Gasteiger partial charge in [0.05, 0.1) is 39.5 Å². The Bertz CT molecular complexity index is 4380. The Hall–Kier alpha value is -15.2. The van der Waals surface area contributed by atoms with Crippen molar-refractivity contribution in [2.75, 3.05) is 83.2 Å². The number of carbonyl (C=O) groups excluding carboxylic acids is 14. The number of nitrogens with one attached hydrogen (secondary N) is 9. The third-order valence-electron chi connectivity index (χ3n) is 15.3. The molecule has 0 aliphatic heterocycles. The molecule has 0 aromatic heterocycles. The fourth-order valence-corrected chi connectivity index (χ4v) is 8.80. The molecular weight excluding hydrogens is 1780 g/mol. The molecule has 0 saturated heterocycles. The lowest BCUT2D eigenvalue weighted by Crippen LogP contribution is -2.39. The minimum Gasteiger partial charge on any atom is -0.502 e. The number of likely N-dealkylation sites (N-methyl/N-ethyl adjacent to an activating group) is 1. The van der Waals surface area contributed by atoms with Crippen molar-refractivity contribution in [2.45, 2.75) is 179 Å². The average Bonchev–Trinajstić information content (AvgIpc) is 0.827. The minimum absolute atomic E-state index is 0. The van der Waals surface area contributed by atoms with Crippen LogP contribution in [0, 0.1) is 5.92 Å². The lowest BCUT2D eigenvalue weighted by atomic mass is 9.95. The van der Waals surface area contributed by atoms with Crippen molar-refractivity contribution in [2.24, 2.45) is 11.7 Å². The number of para-hydroxylation sites is 1. The van der Waals surface area contributed by atoms with Crippen molar-refractivity contribution < 1.29 is 91.2 Å². The molecule has 0 spiro atoms. The number of anilines is 3. The first-order valence-corrected chi connectivity index (χ1v) is 44.7. The predicted molar refractivity (Wildman–Crippen MR) is 581 cm³/mol. The molecule has 1 saturated carbocycles. The molecule has 12 N–H and O–H groups in total. The number of hydrogen-bond acceptors (Lipinski definition) is 19. The SMILES string of the molecule is C.C=CC.C=CC.C=CC.C=CC(=O)N(C)C.C=CC(=O)NC(C)(C)C.C=CC(=O)NC1CCCCC1.C=CC(=O)NCC(=O)OC.C=CC(=O)NCC(CC)CCCC.C=CC(=O)NCCCC(=O)OCC.C=CC(=O)NCCO.C=CC(=O)Nc1ccc2ccccc2c1.C=CC(=O)Nc1cccc2ccccc12.C=CC(=O)Nc1ccccc1.C=CC(N)=O.C=COC(C)=O.C=COCCCC. The van der Waals surface area contributed by atoms with Gasteiger partial charge in [-0.1, -0.05) is 262 Å². The molecule has 1 fully saturated rings. The maximum absolute atomic E-state index is 11.2. The molecule has 6 rings (SSSR count). The first-order valence-electron chi connectivity index (χ1n) is 44.7. The molecule has 1 aliphatic carbocycles. The number of aliphatic hydroxyl groups is 1. The van der Waals surface area contributed by atoms with E-state index in [1.807, 2.05) is 157 Å². The largest absolute Gasteiger partial charge is 0.502 e. The third-order valence-corrected chi connectivity index (χ3v) is 15.3. The number of rotatable bonds is 35. The summed E-state index contributed by atoms with van der Waals surface area (Å²) in [4.78, 5) is 149. The molecule has 5 aromatic carbocycles. The number of methoxy groups -OCH3 is 1. The Morgan fingerprint density at radius 3 is 1.33 bits per heavy atom. The number of aliphatic hydroxyl groups excluding tert-OH is 1. The number of amides is 11. The zero-order valence-electron chi connectivity index (χ0n) is 85.1. The van der Waals surface area contributed by atoms with E-state index in [9.17, 15) is 67.1 Å². The highest BCUT2D eigenvalue weighted by Crippen LogP contribution is 2.23. The van der Waals surface area contributed by atoms with Crippen molar-refractivity contribution in [3.63, 3.8) is 0 Å². The second-order valence-electron chi connectivity index (χ2n) is 28.4. The van der Waals surface area contributed by atoms with E-state index in [-0.39, 0.29) is 97.1 Å². The van der Waals surface area contributed by atoms with E-state index >= 15 is 0 Å². The van der Waals surface area contributed by atoms with Gasteiger partial charge in [0, 0.05) is 81.1 Å². The van der Waals surface area contributed by atoms with Crippen LogP contribution in [0.4, 0.5) is 17.1 Å². The van der Waals surface area contributed by atoms with Gasteiger partial charge in [0.25, 0.3) is 0 Å². The van der Waals surface area contributed by atoms with Crippen molar-refractivity contribution in [1.29, 1.82) is 0 Å². The molecule has 0 heterocycles. The maximum Gasteiger partial charge on any atom is 0.325 e. The molecule has 0 bridgehead atoms. The van der Waals surface area contributed by atoms with Crippen LogP contribution < -0.4 is 53.6 Å². The maximum atomic E-state index is 11.2. The van der Waals surface area contributed by atoms with E-state index in [1.54, 1.807) is 39.2 Å². The first kappa shape index (κ1) is 148. The van der Waals surface area contributed by atoms with Gasteiger partial charge in [-0.2, -0.15) is 0 Å². The highest BCUT2D eigenvalue weighted by atomic mass is 16.5. The Morgan fingerprint density at radius 1 is 0.486 bits per heavy atom. The van der Waals surface area contributed by atoms with Gasteiger partial charge in [-0.05, 0) is 200 Å². The summed E-state index contributed by atoms with van der Waals surface area (Å²) in [5.74, 6) is -2.57. The number of primary amides is 1. The monoisotopic (exact) mass is 1950 g/mol. The van der Waals surface area contributed by atoms with E-state index in [4.69, 9.17) is 14.6 Å². The summed E-state index contributed by atoms with van der Waals surface area (Å²) >= 11 is 0. The van der Waals surface area contributed by atoms with E-state index in [1.165, 1.54) is 119 Å². The van der Waals surface area contributed by atoms with Gasteiger partial charge < -0.3 is 82.5 Å². The summed E-state index contributed by atoms with van der Waals surface area (Å²) in [6, 6.07) is 37.2. The number of unbranched alkanes of at least 4 members (excludes halogenated alkanes) is 2. The van der Waals surface area contributed by atoms with Crippen LogP contribution >= 0.6 is 0 Å². The summed E-state index contributed by atoms with van der Waals surface area (Å²) < 4.78 is 18.0. The van der Waals surface area contributed by atoms with E-state index in [0.717, 1.165) is 102 Å². The van der Waals surface area contributed by atoms with Crippen LogP contribution in [0.5, 0.6) is 0 Å². The number of nitrogens with two attached hydrogens (primary N) is 1. The molecule has 11 amide bonds.